The predicted octanol–water partition coefficient (Wildman–Crippen LogP) is 3.83. The van der Waals surface area contributed by atoms with Gasteiger partial charge in [-0.2, -0.15) is 0 Å². The molecule has 1 saturated heterocycles. The minimum Gasteiger partial charge on any atom is -0.487 e. The van der Waals surface area contributed by atoms with Crippen LogP contribution in [0.4, 0.5) is 0 Å². The lowest BCUT2D eigenvalue weighted by Crippen LogP contribution is -2.29. The molecule has 1 aliphatic carbocycles. The smallest absolute Gasteiger partial charge is 0.162 e. The van der Waals surface area contributed by atoms with E-state index in [1.54, 1.807) is 0 Å². The highest BCUT2D eigenvalue weighted by Crippen LogP contribution is 2.37. The lowest BCUT2D eigenvalue weighted by Gasteiger charge is -2.19. The van der Waals surface area contributed by atoms with Gasteiger partial charge in [0.25, 0.3) is 0 Å². The molecule has 136 valence electrons. The average Bonchev–Trinajstić information content (AvgIpc) is 3.33. The number of ether oxygens (including phenoxy) is 3. The zero-order valence-corrected chi connectivity index (χ0v) is 15.0. The van der Waals surface area contributed by atoms with Gasteiger partial charge in [-0.15, -0.1) is 0 Å². The number of hydroxylamine groups is 1. The Morgan fingerprint density at radius 2 is 2.04 bits per heavy atom. The van der Waals surface area contributed by atoms with Crippen molar-refractivity contribution in [2.24, 2.45) is 0 Å². The maximum Gasteiger partial charge on any atom is 0.162 e. The van der Waals surface area contributed by atoms with E-state index in [0.717, 1.165) is 48.6 Å². The third-order valence-corrected chi connectivity index (χ3v) is 5.00. The van der Waals surface area contributed by atoms with Gasteiger partial charge >= 0.3 is 0 Å². The Bertz CT molecular complexity index is 643. The van der Waals surface area contributed by atoms with Gasteiger partial charge in [-0.25, -0.2) is 0 Å². The van der Waals surface area contributed by atoms with Gasteiger partial charge in [0.2, 0.25) is 0 Å². The molecule has 5 heteroatoms. The van der Waals surface area contributed by atoms with Crippen LogP contribution < -0.4 is 15.0 Å². The SMILES string of the molecule is CC(C)Oc1ccc(C2=CC3(CCOC3)ON2)cc1OC1CCCC1. The fourth-order valence-corrected chi connectivity index (χ4v) is 3.68. The van der Waals surface area contributed by atoms with Crippen LogP contribution in [-0.2, 0) is 9.57 Å². The van der Waals surface area contributed by atoms with E-state index in [1.165, 1.54) is 12.8 Å². The lowest BCUT2D eigenvalue weighted by molar-refractivity contribution is -0.0373. The maximum absolute atomic E-state index is 6.28. The molecule has 0 aromatic heterocycles. The first-order chi connectivity index (χ1) is 12.1. The standard InChI is InChI=1S/C20H27NO4/c1-14(2)23-18-8-7-15(11-19(18)24-16-5-3-4-6-16)17-12-20(25-21-17)9-10-22-13-20/h7-8,11-12,14,16,21H,3-6,9-10,13H2,1-2H3. The molecular formula is C20H27NO4. The number of nitrogens with one attached hydrogen (secondary N) is 1. The fraction of sp³-hybridized carbons (Fsp3) is 0.600. The summed E-state index contributed by atoms with van der Waals surface area (Å²) >= 11 is 0. The quantitative estimate of drug-likeness (QED) is 0.879. The molecule has 1 spiro atoms. The van der Waals surface area contributed by atoms with Crippen molar-refractivity contribution in [3.63, 3.8) is 0 Å². The highest BCUT2D eigenvalue weighted by molar-refractivity contribution is 5.68. The van der Waals surface area contributed by atoms with Gasteiger partial charge in [0.1, 0.15) is 5.60 Å². The Balaban J connectivity index is 1.60. The van der Waals surface area contributed by atoms with Crippen LogP contribution in [0.3, 0.4) is 0 Å². The second kappa shape index (κ2) is 6.89. The molecule has 1 N–H and O–H groups in total. The molecule has 1 unspecified atom stereocenters. The molecule has 2 aliphatic heterocycles. The first kappa shape index (κ1) is 16.7. The highest BCUT2D eigenvalue weighted by Gasteiger charge is 2.39. The second-order valence-corrected chi connectivity index (χ2v) is 7.48. The van der Waals surface area contributed by atoms with Crippen LogP contribution in [0.5, 0.6) is 11.5 Å². The Kier molecular flexibility index (Phi) is 4.61. The number of hydrogen-bond acceptors (Lipinski definition) is 5. The zero-order chi connectivity index (χ0) is 17.3. The molecule has 1 atom stereocenters. The van der Waals surface area contributed by atoms with Crippen LogP contribution in [0.25, 0.3) is 5.70 Å². The van der Waals surface area contributed by atoms with E-state index in [4.69, 9.17) is 19.0 Å². The van der Waals surface area contributed by atoms with Crippen LogP contribution in [0.15, 0.2) is 24.3 Å². The molecular weight excluding hydrogens is 318 g/mol. The minimum atomic E-state index is -0.324. The van der Waals surface area contributed by atoms with Crippen LogP contribution in [0, 0.1) is 0 Å². The summed E-state index contributed by atoms with van der Waals surface area (Å²) in [5.74, 6) is 1.63. The Morgan fingerprint density at radius 3 is 2.76 bits per heavy atom. The summed E-state index contributed by atoms with van der Waals surface area (Å²) in [6, 6.07) is 6.11. The molecule has 2 fully saturated rings. The zero-order valence-electron chi connectivity index (χ0n) is 15.0. The summed E-state index contributed by atoms with van der Waals surface area (Å²) in [5, 5.41) is 0. The third-order valence-electron chi connectivity index (χ3n) is 5.00. The highest BCUT2D eigenvalue weighted by atomic mass is 16.7. The monoisotopic (exact) mass is 345 g/mol. The summed E-state index contributed by atoms with van der Waals surface area (Å²) < 4.78 is 17.7. The first-order valence-electron chi connectivity index (χ1n) is 9.36. The summed E-state index contributed by atoms with van der Waals surface area (Å²) in [4.78, 5) is 5.80. The van der Waals surface area contributed by atoms with Crippen molar-refractivity contribution in [2.45, 2.75) is 63.8 Å². The number of hydrogen-bond donors (Lipinski definition) is 1. The van der Waals surface area contributed by atoms with E-state index in [0.29, 0.717) is 12.7 Å². The van der Waals surface area contributed by atoms with Crippen molar-refractivity contribution in [3.05, 3.63) is 29.8 Å². The van der Waals surface area contributed by atoms with Crippen LogP contribution in [0.1, 0.15) is 51.5 Å². The summed E-state index contributed by atoms with van der Waals surface area (Å²) in [7, 11) is 0. The molecule has 0 radical (unpaired) electrons. The Morgan fingerprint density at radius 1 is 1.20 bits per heavy atom. The van der Waals surface area contributed by atoms with Gasteiger partial charge in [-0.1, -0.05) is 0 Å². The van der Waals surface area contributed by atoms with Gasteiger partial charge in [0, 0.05) is 18.6 Å². The molecule has 25 heavy (non-hydrogen) atoms. The Labute approximate surface area is 149 Å². The minimum absolute atomic E-state index is 0.114. The van der Waals surface area contributed by atoms with Crippen LogP contribution >= 0.6 is 0 Å². The molecule has 1 aromatic rings. The van der Waals surface area contributed by atoms with Crippen molar-refractivity contribution in [1.29, 1.82) is 0 Å². The molecule has 4 rings (SSSR count). The lowest BCUT2D eigenvalue weighted by atomic mass is 10.0. The summed E-state index contributed by atoms with van der Waals surface area (Å²) in [6.45, 7) is 5.41. The van der Waals surface area contributed by atoms with Gasteiger partial charge in [-0.05, 0) is 63.8 Å². The van der Waals surface area contributed by atoms with E-state index in [-0.39, 0.29) is 11.7 Å². The summed E-state index contributed by atoms with van der Waals surface area (Å²) in [5.41, 5.74) is 4.77. The normalized spacial score (nSPS) is 26.3. The van der Waals surface area contributed by atoms with E-state index in [9.17, 15) is 0 Å². The van der Waals surface area contributed by atoms with Crippen LogP contribution in [-0.4, -0.2) is 31.0 Å². The Hall–Kier alpha value is -1.72. The maximum atomic E-state index is 6.28. The molecule has 1 saturated carbocycles. The van der Waals surface area contributed by atoms with Gasteiger partial charge in [0.05, 0.1) is 24.5 Å². The van der Waals surface area contributed by atoms with Crippen molar-refractivity contribution < 1.29 is 19.0 Å². The number of rotatable bonds is 5. The molecule has 5 nitrogen and oxygen atoms in total. The average molecular weight is 345 g/mol. The molecule has 0 bridgehead atoms. The molecule has 2 heterocycles. The molecule has 0 amide bonds. The second-order valence-electron chi connectivity index (χ2n) is 7.48. The van der Waals surface area contributed by atoms with Gasteiger partial charge in [0.15, 0.2) is 11.5 Å². The van der Waals surface area contributed by atoms with Crippen molar-refractivity contribution in [2.75, 3.05) is 13.2 Å². The predicted molar refractivity (Wildman–Crippen MR) is 95.5 cm³/mol. The van der Waals surface area contributed by atoms with E-state index in [2.05, 4.69) is 23.7 Å². The molecule has 1 aromatic carbocycles. The van der Waals surface area contributed by atoms with Gasteiger partial charge in [-0.3, -0.25) is 10.3 Å². The van der Waals surface area contributed by atoms with E-state index >= 15 is 0 Å². The van der Waals surface area contributed by atoms with Crippen molar-refractivity contribution >= 4 is 5.70 Å². The largest absolute Gasteiger partial charge is 0.487 e. The van der Waals surface area contributed by atoms with Crippen molar-refractivity contribution in [3.8, 4) is 11.5 Å². The fourth-order valence-electron chi connectivity index (χ4n) is 3.68. The van der Waals surface area contributed by atoms with Gasteiger partial charge < -0.3 is 14.2 Å². The third kappa shape index (κ3) is 3.62. The summed E-state index contributed by atoms with van der Waals surface area (Å²) in [6.07, 6.45) is 8.15. The van der Waals surface area contributed by atoms with E-state index < -0.39 is 0 Å². The number of benzene rings is 1. The topological polar surface area (TPSA) is 49.0 Å². The van der Waals surface area contributed by atoms with E-state index in [1.807, 2.05) is 19.9 Å². The van der Waals surface area contributed by atoms with Crippen LogP contribution in [0.2, 0.25) is 0 Å². The first-order valence-corrected chi connectivity index (χ1v) is 9.36. The molecule has 3 aliphatic rings. The van der Waals surface area contributed by atoms with Crippen molar-refractivity contribution in [1.82, 2.24) is 5.48 Å².